The van der Waals surface area contributed by atoms with Gasteiger partial charge >= 0.3 is 0 Å². The molecule has 1 aromatic carbocycles. The van der Waals surface area contributed by atoms with Gasteiger partial charge in [-0.3, -0.25) is 4.79 Å². The minimum atomic E-state index is -0.346. The Bertz CT molecular complexity index is 617. The van der Waals surface area contributed by atoms with Gasteiger partial charge in [-0.2, -0.15) is 5.26 Å². The molecule has 1 aromatic heterocycles. The van der Waals surface area contributed by atoms with Gasteiger partial charge < -0.3 is 5.32 Å². The van der Waals surface area contributed by atoms with E-state index in [1.54, 1.807) is 30.3 Å². The number of carbonyl (C=O) groups excluding carboxylic acids is 1. The fraction of sp³-hybridized carbons (Fsp3) is 0. The maximum absolute atomic E-state index is 11.8. The highest BCUT2D eigenvalue weighted by Gasteiger charge is 2.07. The van der Waals surface area contributed by atoms with E-state index in [2.05, 4.69) is 10.3 Å². The minimum Gasteiger partial charge on any atom is -0.321 e. The third kappa shape index (κ3) is 2.84. The van der Waals surface area contributed by atoms with Gasteiger partial charge in [0.1, 0.15) is 11.8 Å². The maximum Gasteiger partial charge on any atom is 0.274 e. The minimum absolute atomic E-state index is 0.244. The number of halogens is 1. The van der Waals surface area contributed by atoms with E-state index in [4.69, 9.17) is 16.9 Å². The van der Waals surface area contributed by atoms with Gasteiger partial charge in [0, 0.05) is 16.9 Å². The van der Waals surface area contributed by atoms with Crippen molar-refractivity contribution in [3.05, 3.63) is 58.9 Å². The predicted molar refractivity (Wildman–Crippen MR) is 68.4 cm³/mol. The molecule has 1 heterocycles. The fourth-order valence-corrected chi connectivity index (χ4v) is 1.55. The molecule has 1 amide bonds. The molecule has 0 aliphatic rings. The van der Waals surface area contributed by atoms with E-state index in [1.165, 1.54) is 12.3 Å². The molecule has 0 aliphatic carbocycles. The standard InChI is InChI=1S/C13H8ClN3O/c14-10-2-1-3-11(6-10)17-13(18)12-5-4-9(7-15)8-16-12/h1-6,8H,(H,17,18). The van der Waals surface area contributed by atoms with Crippen LogP contribution >= 0.6 is 11.6 Å². The van der Waals surface area contributed by atoms with Crippen LogP contribution in [0.25, 0.3) is 0 Å². The zero-order valence-electron chi connectivity index (χ0n) is 9.22. The van der Waals surface area contributed by atoms with Gasteiger partial charge in [-0.1, -0.05) is 17.7 Å². The first kappa shape index (κ1) is 12.1. The Labute approximate surface area is 109 Å². The molecule has 0 atom stereocenters. The molecule has 0 saturated heterocycles. The summed E-state index contributed by atoms with van der Waals surface area (Å²) in [7, 11) is 0. The van der Waals surface area contributed by atoms with Crippen molar-refractivity contribution in [1.29, 1.82) is 5.26 Å². The second-order valence-corrected chi connectivity index (χ2v) is 3.94. The summed E-state index contributed by atoms with van der Waals surface area (Å²) in [6.07, 6.45) is 1.35. The smallest absolute Gasteiger partial charge is 0.274 e. The molecule has 2 rings (SSSR count). The Morgan fingerprint density at radius 1 is 1.33 bits per heavy atom. The van der Waals surface area contributed by atoms with Crippen LogP contribution in [0.4, 0.5) is 5.69 Å². The van der Waals surface area contributed by atoms with E-state index in [0.717, 1.165) is 0 Å². The maximum atomic E-state index is 11.8. The van der Waals surface area contributed by atoms with E-state index in [0.29, 0.717) is 16.3 Å². The number of hydrogen-bond donors (Lipinski definition) is 1. The SMILES string of the molecule is N#Cc1ccc(C(=O)Nc2cccc(Cl)c2)nc1. The van der Waals surface area contributed by atoms with E-state index in [-0.39, 0.29) is 11.6 Å². The topological polar surface area (TPSA) is 65.8 Å². The van der Waals surface area contributed by atoms with Crippen LogP contribution in [0.1, 0.15) is 16.1 Å². The molecular weight excluding hydrogens is 250 g/mol. The second kappa shape index (κ2) is 5.30. The Balaban J connectivity index is 2.14. The lowest BCUT2D eigenvalue weighted by Gasteiger charge is -2.04. The van der Waals surface area contributed by atoms with Crippen LogP contribution in [-0.4, -0.2) is 10.9 Å². The van der Waals surface area contributed by atoms with Gasteiger partial charge in [0.15, 0.2) is 0 Å². The quantitative estimate of drug-likeness (QED) is 0.900. The van der Waals surface area contributed by atoms with Crippen molar-refractivity contribution in [3.8, 4) is 6.07 Å². The molecule has 0 aliphatic heterocycles. The van der Waals surface area contributed by atoms with Gasteiger partial charge in [0.2, 0.25) is 0 Å². The molecule has 0 unspecified atom stereocenters. The number of pyridine rings is 1. The third-order valence-electron chi connectivity index (χ3n) is 2.21. The van der Waals surface area contributed by atoms with Crippen LogP contribution in [0.3, 0.4) is 0 Å². The number of rotatable bonds is 2. The lowest BCUT2D eigenvalue weighted by atomic mass is 10.2. The first-order valence-corrected chi connectivity index (χ1v) is 5.50. The predicted octanol–water partition coefficient (Wildman–Crippen LogP) is 2.86. The Morgan fingerprint density at radius 2 is 2.17 bits per heavy atom. The number of anilines is 1. The normalized spacial score (nSPS) is 9.56. The number of nitriles is 1. The second-order valence-electron chi connectivity index (χ2n) is 3.51. The first-order chi connectivity index (χ1) is 8.69. The van der Waals surface area contributed by atoms with Crippen LogP contribution in [0, 0.1) is 11.3 Å². The molecule has 0 spiro atoms. The van der Waals surface area contributed by atoms with Crippen molar-refractivity contribution in [1.82, 2.24) is 4.98 Å². The van der Waals surface area contributed by atoms with Crippen molar-refractivity contribution < 1.29 is 4.79 Å². The van der Waals surface area contributed by atoms with Crippen LogP contribution in [-0.2, 0) is 0 Å². The summed E-state index contributed by atoms with van der Waals surface area (Å²) < 4.78 is 0. The summed E-state index contributed by atoms with van der Waals surface area (Å²) in [5.41, 5.74) is 1.25. The Morgan fingerprint density at radius 3 is 2.78 bits per heavy atom. The summed E-state index contributed by atoms with van der Waals surface area (Å²) in [5.74, 6) is -0.346. The Kier molecular flexibility index (Phi) is 3.56. The van der Waals surface area contributed by atoms with E-state index in [1.807, 2.05) is 6.07 Å². The monoisotopic (exact) mass is 257 g/mol. The molecule has 0 saturated carbocycles. The highest BCUT2D eigenvalue weighted by atomic mass is 35.5. The van der Waals surface area contributed by atoms with Gasteiger partial charge in [0.25, 0.3) is 5.91 Å². The van der Waals surface area contributed by atoms with Gasteiger partial charge in [0.05, 0.1) is 5.56 Å². The molecule has 18 heavy (non-hydrogen) atoms. The highest BCUT2D eigenvalue weighted by molar-refractivity contribution is 6.30. The number of nitrogens with zero attached hydrogens (tertiary/aromatic N) is 2. The summed E-state index contributed by atoms with van der Waals surface area (Å²) in [4.78, 5) is 15.7. The number of nitrogens with one attached hydrogen (secondary N) is 1. The van der Waals surface area contributed by atoms with Crippen LogP contribution in [0.5, 0.6) is 0 Å². The highest BCUT2D eigenvalue weighted by Crippen LogP contribution is 2.15. The number of amides is 1. The zero-order chi connectivity index (χ0) is 13.0. The molecule has 88 valence electrons. The van der Waals surface area contributed by atoms with Crippen molar-refractivity contribution in [2.45, 2.75) is 0 Å². The average Bonchev–Trinajstić information content (AvgIpc) is 2.39. The van der Waals surface area contributed by atoms with Crippen LogP contribution in [0.2, 0.25) is 5.02 Å². The van der Waals surface area contributed by atoms with Gasteiger partial charge in [-0.05, 0) is 30.3 Å². The molecule has 5 heteroatoms. The van der Waals surface area contributed by atoms with Crippen molar-refractivity contribution in [2.24, 2.45) is 0 Å². The number of aromatic nitrogens is 1. The van der Waals surface area contributed by atoms with Crippen molar-refractivity contribution >= 4 is 23.2 Å². The van der Waals surface area contributed by atoms with Gasteiger partial charge in [-0.15, -0.1) is 0 Å². The molecule has 2 aromatic rings. The third-order valence-corrected chi connectivity index (χ3v) is 2.44. The van der Waals surface area contributed by atoms with E-state index < -0.39 is 0 Å². The average molecular weight is 258 g/mol. The number of hydrogen-bond acceptors (Lipinski definition) is 3. The summed E-state index contributed by atoms with van der Waals surface area (Å²) in [6.45, 7) is 0. The largest absolute Gasteiger partial charge is 0.321 e. The molecule has 0 bridgehead atoms. The van der Waals surface area contributed by atoms with Gasteiger partial charge in [-0.25, -0.2) is 4.98 Å². The molecule has 1 N–H and O–H groups in total. The van der Waals surface area contributed by atoms with E-state index in [9.17, 15) is 4.79 Å². The van der Waals surface area contributed by atoms with Crippen LogP contribution in [0.15, 0.2) is 42.6 Å². The zero-order valence-corrected chi connectivity index (χ0v) is 9.98. The van der Waals surface area contributed by atoms with Crippen molar-refractivity contribution in [3.63, 3.8) is 0 Å². The van der Waals surface area contributed by atoms with E-state index >= 15 is 0 Å². The number of benzene rings is 1. The molecule has 0 fully saturated rings. The Hall–Kier alpha value is -2.38. The summed E-state index contributed by atoms with van der Waals surface area (Å²) in [6, 6.07) is 11.8. The van der Waals surface area contributed by atoms with Crippen molar-refractivity contribution in [2.75, 3.05) is 5.32 Å². The lowest BCUT2D eigenvalue weighted by Crippen LogP contribution is -2.13. The van der Waals surface area contributed by atoms with Crippen LogP contribution < -0.4 is 5.32 Å². The lowest BCUT2D eigenvalue weighted by molar-refractivity contribution is 0.102. The first-order valence-electron chi connectivity index (χ1n) is 5.12. The number of carbonyl (C=O) groups is 1. The summed E-state index contributed by atoms with van der Waals surface area (Å²) in [5, 5.41) is 11.8. The summed E-state index contributed by atoms with van der Waals surface area (Å²) >= 11 is 5.81. The molecule has 4 nitrogen and oxygen atoms in total. The molecular formula is C13H8ClN3O. The molecule has 0 radical (unpaired) electrons. The fourth-order valence-electron chi connectivity index (χ4n) is 1.36.